The highest BCUT2D eigenvalue weighted by Crippen LogP contribution is 2.45. The molecule has 0 radical (unpaired) electrons. The number of hydrogen-bond donors (Lipinski definition) is 3. The average Bonchev–Trinajstić information content (AvgIpc) is 3.36. The number of hydrogen-bond acceptors (Lipinski definition) is 17. The topological polar surface area (TPSA) is 287 Å². The van der Waals surface area contributed by atoms with Gasteiger partial charge in [0.05, 0.1) is 38.9 Å². The molecular formula is C50H51Br2IN6O16. The van der Waals surface area contributed by atoms with Crippen LogP contribution in [0, 0.1) is 3.57 Å². The minimum Gasteiger partial charge on any atom is -0.467 e. The van der Waals surface area contributed by atoms with Crippen molar-refractivity contribution in [3.8, 4) is 17.2 Å². The van der Waals surface area contributed by atoms with Crippen LogP contribution in [0.2, 0.25) is 0 Å². The molecule has 3 N–H and O–H groups in total. The SMILES string of the molecule is COC(=O)[C@@H]1Cc2cc(Br)c(c(Br)c2)Oc2cc(cc(I)c2O[C@@H]2O[C@H](CN=[N+]=[N-])[C@@H](OC(C)=O)[C@H](OC(C)=O)[C@H]2OC(C)=O)C[C@H](NC(=O)OCc2ccccc2)C(=O)N[C@@H]([C@@H](C)OCc2ccccc2)C(=O)N1. The van der Waals surface area contributed by atoms with E-state index in [-0.39, 0.29) is 46.9 Å². The van der Waals surface area contributed by atoms with Gasteiger partial charge in [-0.25, -0.2) is 9.59 Å². The lowest BCUT2D eigenvalue weighted by molar-refractivity contribution is -0.281. The van der Waals surface area contributed by atoms with Crippen LogP contribution in [-0.4, -0.2) is 110 Å². The van der Waals surface area contributed by atoms with Crippen molar-refractivity contribution < 1.29 is 76.2 Å². The van der Waals surface area contributed by atoms with Gasteiger partial charge >= 0.3 is 30.0 Å². The van der Waals surface area contributed by atoms with Gasteiger partial charge in [0.2, 0.25) is 24.2 Å². The van der Waals surface area contributed by atoms with Crippen LogP contribution in [0.3, 0.4) is 0 Å². The number of esters is 4. The molecule has 4 bridgehead atoms. The molecule has 3 amide bonds. The maximum atomic E-state index is 14.8. The molecule has 3 heterocycles. The average molecular weight is 1280 g/mol. The Balaban J connectivity index is 1.49. The lowest BCUT2D eigenvalue weighted by atomic mass is 9.97. The number of halogens is 3. The second kappa shape index (κ2) is 27.3. The van der Waals surface area contributed by atoms with Crippen LogP contribution in [-0.2, 0) is 88.0 Å². The molecule has 0 unspecified atom stereocenters. The quantitative estimate of drug-likeness (QED) is 0.0271. The summed E-state index contributed by atoms with van der Waals surface area (Å²) in [6.45, 7) is 4.25. The van der Waals surface area contributed by atoms with Crippen molar-refractivity contribution in [3.63, 3.8) is 0 Å². The maximum Gasteiger partial charge on any atom is 0.408 e. The summed E-state index contributed by atoms with van der Waals surface area (Å²) in [4.78, 5) is 96.8. The molecule has 3 aliphatic heterocycles. The number of fused-ring (bicyclic) bond motifs is 10. The van der Waals surface area contributed by atoms with Crippen LogP contribution in [0.5, 0.6) is 17.2 Å². The van der Waals surface area contributed by atoms with Crippen molar-refractivity contribution in [3.05, 3.63) is 130 Å². The van der Waals surface area contributed by atoms with E-state index in [1.54, 1.807) is 55.5 Å². The number of rotatable bonds is 15. The molecule has 398 valence electrons. The summed E-state index contributed by atoms with van der Waals surface area (Å²) in [7, 11) is 1.16. The molecule has 3 aliphatic rings. The fraction of sp³-hybridized carbons (Fsp3) is 0.380. The molecule has 25 heteroatoms. The standard InChI is InChI=1S/C50H51Br2IN6O16/c1-25(68-23-29-12-8-6-9-13-29)40-47(64)56-37(48(65)67-5)20-31-16-33(51)41(34(52)17-31)73-38-21-32(19-36(46(63)58-40)57-50(66)69-24-30-14-10-7-11-15-30)18-35(53)42(38)75-49-45(72-28(4)62)44(71-27(3)61)43(70-26(2)60)39(74-49)22-55-59-54/h6-18,21,25,36-37,39-40,43-45,49H,19-20,22-24H2,1-5H3,(H,56,64)(H,57,66)(H,58,63)/t25-,36+,37+,39-,40+,43-,44+,45-,49+/m1/s1. The Kier molecular flexibility index (Phi) is 21.0. The van der Waals surface area contributed by atoms with Crippen molar-refractivity contribution in [2.45, 2.75) is 109 Å². The Morgan fingerprint density at radius 2 is 1.40 bits per heavy atom. The van der Waals surface area contributed by atoms with Crippen molar-refractivity contribution in [2.75, 3.05) is 13.7 Å². The minimum absolute atomic E-state index is 0.0405. The van der Waals surface area contributed by atoms with Crippen LogP contribution < -0.4 is 25.4 Å². The molecular weight excluding hydrogens is 1230 g/mol. The number of benzene rings is 4. The Labute approximate surface area is 460 Å². The number of methoxy groups -OCH3 is 1. The summed E-state index contributed by atoms with van der Waals surface area (Å²) < 4.78 is 54.0. The molecule has 0 saturated carbocycles. The van der Waals surface area contributed by atoms with Crippen molar-refractivity contribution in [1.29, 1.82) is 0 Å². The molecule has 75 heavy (non-hydrogen) atoms. The Morgan fingerprint density at radius 3 is 2.00 bits per heavy atom. The smallest absolute Gasteiger partial charge is 0.408 e. The minimum atomic E-state index is -1.69. The summed E-state index contributed by atoms with van der Waals surface area (Å²) in [6.07, 6.45) is -10.1. The predicted octanol–water partition coefficient (Wildman–Crippen LogP) is 6.96. The van der Waals surface area contributed by atoms with Gasteiger partial charge < -0.3 is 58.6 Å². The van der Waals surface area contributed by atoms with Crippen molar-refractivity contribution >= 4 is 96.2 Å². The van der Waals surface area contributed by atoms with Gasteiger partial charge in [0.25, 0.3) is 0 Å². The van der Waals surface area contributed by atoms with Gasteiger partial charge in [0.1, 0.15) is 30.8 Å². The number of ether oxygens (including phenoxy) is 9. The van der Waals surface area contributed by atoms with Crippen LogP contribution in [0.4, 0.5) is 4.79 Å². The summed E-state index contributed by atoms with van der Waals surface area (Å²) >= 11 is 9.10. The van der Waals surface area contributed by atoms with Crippen LogP contribution in [0.1, 0.15) is 49.9 Å². The second-order valence-electron chi connectivity index (χ2n) is 16.9. The summed E-state index contributed by atoms with van der Waals surface area (Å²) in [5.41, 5.74) is 11.5. The van der Waals surface area contributed by atoms with E-state index in [2.05, 4.69) is 57.8 Å². The zero-order chi connectivity index (χ0) is 54.3. The van der Waals surface area contributed by atoms with Crippen LogP contribution >= 0.6 is 54.5 Å². The van der Waals surface area contributed by atoms with Gasteiger partial charge in [-0.2, -0.15) is 0 Å². The number of nitrogens with one attached hydrogen (secondary N) is 3. The Hall–Kier alpha value is -6.51. The predicted molar refractivity (Wildman–Crippen MR) is 279 cm³/mol. The number of carbonyl (C=O) groups excluding carboxylic acids is 7. The third-order valence-electron chi connectivity index (χ3n) is 11.3. The monoisotopic (exact) mass is 1280 g/mol. The molecule has 4 aromatic carbocycles. The zero-order valence-corrected chi connectivity index (χ0v) is 46.2. The molecule has 1 fully saturated rings. The van der Waals surface area contributed by atoms with E-state index < -0.39 is 103 Å². The van der Waals surface area contributed by atoms with Gasteiger partial charge in [-0.1, -0.05) is 65.8 Å². The van der Waals surface area contributed by atoms with E-state index in [0.717, 1.165) is 33.4 Å². The first kappa shape index (κ1) is 57.8. The summed E-state index contributed by atoms with van der Waals surface area (Å²) in [6, 6.07) is 20.0. The van der Waals surface area contributed by atoms with E-state index in [1.807, 2.05) is 52.9 Å². The number of alkyl carbamates (subject to hydrolysis) is 1. The highest BCUT2D eigenvalue weighted by atomic mass is 127. The Morgan fingerprint density at radius 1 is 0.813 bits per heavy atom. The lowest BCUT2D eigenvalue weighted by Gasteiger charge is -2.44. The van der Waals surface area contributed by atoms with Crippen LogP contribution in [0.15, 0.2) is 99.0 Å². The highest BCUT2D eigenvalue weighted by molar-refractivity contribution is 14.1. The lowest BCUT2D eigenvalue weighted by Crippen LogP contribution is -2.63. The first-order chi connectivity index (χ1) is 35.8. The van der Waals surface area contributed by atoms with Crippen molar-refractivity contribution in [2.24, 2.45) is 5.11 Å². The molecule has 4 aromatic rings. The summed E-state index contributed by atoms with van der Waals surface area (Å²) in [5.74, 6) is -5.01. The zero-order valence-electron chi connectivity index (χ0n) is 40.8. The number of nitrogens with zero attached hydrogens (tertiary/aromatic N) is 3. The number of azide groups is 1. The molecule has 0 spiro atoms. The van der Waals surface area contributed by atoms with Crippen LogP contribution in [0.25, 0.3) is 10.4 Å². The summed E-state index contributed by atoms with van der Waals surface area (Å²) in [5, 5.41) is 11.7. The first-order valence-corrected chi connectivity index (χ1v) is 25.6. The molecule has 9 atom stereocenters. The van der Waals surface area contributed by atoms with E-state index in [9.17, 15) is 39.1 Å². The fourth-order valence-electron chi connectivity index (χ4n) is 7.93. The van der Waals surface area contributed by atoms with Gasteiger partial charge in [0, 0.05) is 38.5 Å². The van der Waals surface area contributed by atoms with E-state index in [1.165, 1.54) is 6.07 Å². The van der Waals surface area contributed by atoms with Crippen molar-refractivity contribution in [1.82, 2.24) is 16.0 Å². The van der Waals surface area contributed by atoms with Gasteiger partial charge in [-0.15, -0.1) is 0 Å². The maximum absolute atomic E-state index is 14.8. The molecule has 1 saturated heterocycles. The first-order valence-electron chi connectivity index (χ1n) is 23.0. The van der Waals surface area contributed by atoms with Gasteiger partial charge in [0.15, 0.2) is 29.5 Å². The van der Waals surface area contributed by atoms with Gasteiger partial charge in [-0.05, 0) is 113 Å². The molecule has 7 rings (SSSR count). The molecule has 22 nitrogen and oxygen atoms in total. The third kappa shape index (κ3) is 16.2. The van der Waals surface area contributed by atoms with E-state index in [4.69, 9.17) is 42.6 Å². The molecule has 0 aliphatic carbocycles. The van der Waals surface area contributed by atoms with E-state index >= 15 is 0 Å². The third-order valence-corrected chi connectivity index (χ3v) is 13.3. The molecule has 0 aromatic heterocycles. The number of amides is 3. The van der Waals surface area contributed by atoms with Gasteiger partial charge in [-0.3, -0.25) is 24.0 Å². The Bertz CT molecular complexity index is 2770. The normalized spacial score (nSPS) is 22.0. The highest BCUT2D eigenvalue weighted by Gasteiger charge is 2.53. The second-order valence-corrected chi connectivity index (χ2v) is 19.8. The van der Waals surface area contributed by atoms with E-state index in [0.29, 0.717) is 25.6 Å². The largest absolute Gasteiger partial charge is 0.467 e. The fourth-order valence-corrected chi connectivity index (χ4v) is 10.2. The number of carbonyl (C=O) groups is 7.